The summed E-state index contributed by atoms with van der Waals surface area (Å²) in [6.07, 6.45) is -0.701. The Labute approximate surface area is 75.6 Å². The smallest absolute Gasteiger partial charge is 0.334 e. The molecule has 1 saturated heterocycles. The van der Waals surface area contributed by atoms with Crippen LogP contribution < -0.4 is 0 Å². The van der Waals surface area contributed by atoms with Crippen LogP contribution in [0.25, 0.3) is 0 Å². The van der Waals surface area contributed by atoms with Gasteiger partial charge in [0.2, 0.25) is 5.91 Å². The van der Waals surface area contributed by atoms with E-state index in [9.17, 15) is 9.36 Å². The van der Waals surface area contributed by atoms with Gasteiger partial charge >= 0.3 is 7.60 Å². The molecule has 2 N–H and O–H groups in total. The number of hydrogen-bond donors (Lipinski definition) is 2. The van der Waals surface area contributed by atoms with Crippen LogP contribution in [0.4, 0.5) is 0 Å². The number of rotatable bonds is 2. The van der Waals surface area contributed by atoms with E-state index in [1.54, 1.807) is 0 Å². The number of amides is 1. The lowest BCUT2D eigenvalue weighted by atomic mass is 10.4. The van der Waals surface area contributed by atoms with E-state index in [-0.39, 0.29) is 0 Å². The molecular formula is C6H12NO5P. The normalized spacial score (nSPS) is 18.8. The summed E-state index contributed by atoms with van der Waals surface area (Å²) in [5.41, 5.74) is 0. The Balaban J connectivity index is 2.42. The number of morpholine rings is 1. The number of carbonyl (C=O) groups is 1. The summed E-state index contributed by atoms with van der Waals surface area (Å²) >= 11 is 0. The molecule has 0 unspecified atom stereocenters. The zero-order valence-electron chi connectivity index (χ0n) is 7.05. The van der Waals surface area contributed by atoms with Crippen LogP contribution in [0.3, 0.4) is 0 Å². The molecule has 1 fully saturated rings. The highest BCUT2D eigenvalue weighted by Crippen LogP contribution is 2.34. The number of carbonyl (C=O) groups excluding carboxylic acids is 1. The second kappa shape index (κ2) is 4.19. The quantitative estimate of drug-likeness (QED) is 0.571. The van der Waals surface area contributed by atoms with Gasteiger partial charge in [-0.25, -0.2) is 0 Å². The second-order valence-corrected chi connectivity index (χ2v) is 4.46. The largest absolute Gasteiger partial charge is 0.378 e. The fraction of sp³-hybridized carbons (Fsp3) is 0.833. The Morgan fingerprint density at radius 2 is 1.92 bits per heavy atom. The van der Waals surface area contributed by atoms with Crippen LogP contribution in [0, 0.1) is 0 Å². The predicted octanol–water partition coefficient (Wildman–Crippen LogP) is -0.977. The molecule has 13 heavy (non-hydrogen) atoms. The topological polar surface area (TPSA) is 87.1 Å². The van der Waals surface area contributed by atoms with Gasteiger partial charge in [-0.1, -0.05) is 0 Å². The third kappa shape index (κ3) is 3.87. The van der Waals surface area contributed by atoms with Gasteiger partial charge in [-0.05, 0) is 0 Å². The summed E-state index contributed by atoms with van der Waals surface area (Å²) in [4.78, 5) is 29.7. The molecule has 0 aromatic heterocycles. The summed E-state index contributed by atoms with van der Waals surface area (Å²) in [6, 6.07) is 0. The highest BCUT2D eigenvalue weighted by molar-refractivity contribution is 7.52. The van der Waals surface area contributed by atoms with Crippen LogP contribution in [0.2, 0.25) is 0 Å². The third-order valence-electron chi connectivity index (χ3n) is 1.71. The maximum absolute atomic E-state index is 11.2. The maximum atomic E-state index is 11.2. The molecule has 7 heteroatoms. The van der Waals surface area contributed by atoms with Gasteiger partial charge in [0, 0.05) is 13.1 Å². The molecule has 0 bridgehead atoms. The SMILES string of the molecule is O=C(CP(=O)(O)O)N1CCOCC1. The van der Waals surface area contributed by atoms with Crippen molar-refractivity contribution in [3.63, 3.8) is 0 Å². The van der Waals surface area contributed by atoms with E-state index in [4.69, 9.17) is 14.5 Å². The fourth-order valence-electron chi connectivity index (χ4n) is 1.09. The Kier molecular flexibility index (Phi) is 3.44. The molecule has 1 heterocycles. The Bertz CT molecular complexity index is 231. The van der Waals surface area contributed by atoms with Gasteiger partial charge in [0.15, 0.2) is 0 Å². The van der Waals surface area contributed by atoms with Gasteiger partial charge < -0.3 is 19.4 Å². The zero-order chi connectivity index (χ0) is 9.90. The Morgan fingerprint density at radius 1 is 1.38 bits per heavy atom. The van der Waals surface area contributed by atoms with E-state index in [0.29, 0.717) is 26.3 Å². The molecule has 6 nitrogen and oxygen atoms in total. The van der Waals surface area contributed by atoms with E-state index < -0.39 is 19.7 Å². The van der Waals surface area contributed by atoms with Crippen molar-refractivity contribution in [1.29, 1.82) is 0 Å². The minimum absolute atomic E-state index is 0.416. The van der Waals surface area contributed by atoms with E-state index in [1.807, 2.05) is 0 Å². The van der Waals surface area contributed by atoms with Gasteiger partial charge in [0.1, 0.15) is 6.16 Å². The van der Waals surface area contributed by atoms with Crippen molar-refractivity contribution in [2.24, 2.45) is 0 Å². The van der Waals surface area contributed by atoms with Crippen LogP contribution in [0.15, 0.2) is 0 Å². The third-order valence-corrected chi connectivity index (χ3v) is 2.39. The van der Waals surface area contributed by atoms with Crippen LogP contribution in [-0.4, -0.2) is 53.1 Å². The average molecular weight is 209 g/mol. The Morgan fingerprint density at radius 3 is 2.38 bits per heavy atom. The van der Waals surface area contributed by atoms with Crippen molar-refractivity contribution in [3.8, 4) is 0 Å². The van der Waals surface area contributed by atoms with Gasteiger partial charge in [-0.3, -0.25) is 9.36 Å². The van der Waals surface area contributed by atoms with Crippen LogP contribution in [0.5, 0.6) is 0 Å². The first kappa shape index (κ1) is 10.7. The second-order valence-electron chi connectivity index (χ2n) is 2.82. The fourth-order valence-corrected chi connectivity index (χ4v) is 1.64. The minimum Gasteiger partial charge on any atom is -0.378 e. The van der Waals surface area contributed by atoms with Gasteiger partial charge in [-0.15, -0.1) is 0 Å². The van der Waals surface area contributed by atoms with E-state index in [2.05, 4.69) is 0 Å². The monoisotopic (exact) mass is 209 g/mol. The number of nitrogens with zero attached hydrogens (tertiary/aromatic N) is 1. The summed E-state index contributed by atoms with van der Waals surface area (Å²) in [5.74, 6) is -0.503. The summed E-state index contributed by atoms with van der Waals surface area (Å²) in [5, 5.41) is 0. The van der Waals surface area contributed by atoms with Gasteiger partial charge in [0.25, 0.3) is 0 Å². The van der Waals surface area contributed by atoms with E-state index >= 15 is 0 Å². The molecule has 0 atom stereocenters. The summed E-state index contributed by atoms with van der Waals surface area (Å²) < 4.78 is 15.5. The molecule has 0 saturated carbocycles. The molecule has 1 aliphatic heterocycles. The first-order chi connectivity index (χ1) is 5.99. The standard InChI is InChI=1S/C6H12NO5P/c8-6(5-13(9,10)11)7-1-3-12-4-2-7/h1-5H2,(H2,9,10,11). The highest BCUT2D eigenvalue weighted by Gasteiger charge is 2.24. The maximum Gasteiger partial charge on any atom is 0.334 e. The van der Waals surface area contributed by atoms with Crippen LogP contribution in [0.1, 0.15) is 0 Å². The molecule has 1 amide bonds. The molecule has 1 aliphatic rings. The molecule has 0 aromatic carbocycles. The summed E-state index contributed by atoms with van der Waals surface area (Å²) in [7, 11) is -4.22. The molecular weight excluding hydrogens is 197 g/mol. The first-order valence-corrected chi connectivity index (χ1v) is 5.69. The lowest BCUT2D eigenvalue weighted by molar-refractivity contribution is -0.132. The highest BCUT2D eigenvalue weighted by atomic mass is 31.2. The van der Waals surface area contributed by atoms with Crippen molar-refractivity contribution in [1.82, 2.24) is 4.90 Å². The minimum atomic E-state index is -4.22. The summed E-state index contributed by atoms with van der Waals surface area (Å²) in [6.45, 7) is 1.71. The van der Waals surface area contributed by atoms with Gasteiger partial charge in [-0.2, -0.15) is 0 Å². The van der Waals surface area contributed by atoms with Crippen molar-refractivity contribution in [2.75, 3.05) is 32.5 Å². The van der Waals surface area contributed by atoms with Gasteiger partial charge in [0.05, 0.1) is 13.2 Å². The lowest BCUT2D eigenvalue weighted by Crippen LogP contribution is -2.42. The van der Waals surface area contributed by atoms with Crippen molar-refractivity contribution < 1.29 is 23.9 Å². The molecule has 1 rings (SSSR count). The molecule has 0 aliphatic carbocycles. The Hall–Kier alpha value is -0.420. The van der Waals surface area contributed by atoms with Crippen LogP contribution >= 0.6 is 7.60 Å². The first-order valence-electron chi connectivity index (χ1n) is 3.89. The lowest BCUT2D eigenvalue weighted by Gasteiger charge is -2.26. The van der Waals surface area contributed by atoms with Crippen molar-refractivity contribution in [3.05, 3.63) is 0 Å². The molecule has 0 radical (unpaired) electrons. The predicted molar refractivity (Wildman–Crippen MR) is 44.3 cm³/mol. The van der Waals surface area contributed by atoms with E-state index in [1.165, 1.54) is 4.90 Å². The number of hydrogen-bond acceptors (Lipinski definition) is 3. The van der Waals surface area contributed by atoms with Crippen LogP contribution in [-0.2, 0) is 14.1 Å². The van der Waals surface area contributed by atoms with Crippen molar-refractivity contribution >= 4 is 13.5 Å². The number of ether oxygens (including phenoxy) is 1. The zero-order valence-corrected chi connectivity index (χ0v) is 7.94. The average Bonchev–Trinajstić information content (AvgIpc) is 2.03. The van der Waals surface area contributed by atoms with E-state index in [0.717, 1.165) is 0 Å². The molecule has 0 aromatic rings. The molecule has 0 spiro atoms. The molecule has 76 valence electrons. The van der Waals surface area contributed by atoms with Crippen molar-refractivity contribution in [2.45, 2.75) is 0 Å².